The van der Waals surface area contributed by atoms with Crippen molar-refractivity contribution >= 4 is 21.9 Å². The van der Waals surface area contributed by atoms with Crippen LogP contribution in [-0.4, -0.2) is 21.9 Å². The Morgan fingerprint density at radius 3 is 2.78 bits per heavy atom. The van der Waals surface area contributed by atoms with Gasteiger partial charge in [0.25, 0.3) is 0 Å². The van der Waals surface area contributed by atoms with E-state index in [1.807, 2.05) is 0 Å². The van der Waals surface area contributed by atoms with Gasteiger partial charge in [0, 0.05) is 12.0 Å². The number of hydrogen-bond donors (Lipinski definition) is 2. The first-order valence-electron chi connectivity index (χ1n) is 7.46. The molecule has 2 N–H and O–H groups in total. The molecule has 1 atom stereocenters. The number of ether oxygens (including phenoxy) is 1. The zero-order valence-electron chi connectivity index (χ0n) is 12.8. The van der Waals surface area contributed by atoms with Crippen molar-refractivity contribution < 1.29 is 19.4 Å². The number of fused-ring (bicyclic) bond motifs is 4. The van der Waals surface area contributed by atoms with Crippen molar-refractivity contribution in [3.63, 3.8) is 0 Å². The third kappa shape index (κ3) is 1.93. The lowest BCUT2D eigenvalue weighted by molar-refractivity contribution is -0.0406. The number of hydrogen-bond acceptors (Lipinski definition) is 5. The largest absolute Gasteiger partial charge is 0.507 e. The van der Waals surface area contributed by atoms with Crippen LogP contribution in [0.4, 0.5) is 0 Å². The molecule has 1 aliphatic rings. The molecule has 23 heavy (non-hydrogen) atoms. The third-order valence-corrected chi connectivity index (χ3v) is 4.46. The van der Waals surface area contributed by atoms with E-state index in [1.54, 1.807) is 38.1 Å². The molecule has 0 bridgehead atoms. The number of aliphatic hydroxyl groups is 1. The Kier molecular flexibility index (Phi) is 2.75. The van der Waals surface area contributed by atoms with Gasteiger partial charge in [0.2, 0.25) is 5.43 Å². The summed E-state index contributed by atoms with van der Waals surface area (Å²) < 4.78 is 11.8. The Hall–Kier alpha value is -2.53. The summed E-state index contributed by atoms with van der Waals surface area (Å²) in [6.07, 6.45) is -0.205. The second kappa shape index (κ2) is 4.49. The summed E-state index contributed by atoms with van der Waals surface area (Å²) in [5.74, 6) is 0.382. The van der Waals surface area contributed by atoms with E-state index >= 15 is 0 Å². The number of phenolic OH excluding ortho intramolecular Hbond substituents is 1. The van der Waals surface area contributed by atoms with Crippen molar-refractivity contribution in [2.24, 2.45) is 0 Å². The number of rotatable bonds is 0. The van der Waals surface area contributed by atoms with E-state index in [-0.39, 0.29) is 16.6 Å². The van der Waals surface area contributed by atoms with Gasteiger partial charge in [0.1, 0.15) is 22.3 Å². The highest BCUT2D eigenvalue weighted by Gasteiger charge is 2.37. The van der Waals surface area contributed by atoms with E-state index < -0.39 is 11.7 Å². The maximum Gasteiger partial charge on any atom is 0.204 e. The van der Waals surface area contributed by atoms with Gasteiger partial charge in [0.05, 0.1) is 11.5 Å². The molecule has 1 aromatic heterocycles. The highest BCUT2D eigenvalue weighted by molar-refractivity contribution is 5.95. The predicted molar refractivity (Wildman–Crippen MR) is 86.1 cm³/mol. The van der Waals surface area contributed by atoms with Crippen LogP contribution in [0.1, 0.15) is 19.4 Å². The highest BCUT2D eigenvalue weighted by atomic mass is 16.5. The highest BCUT2D eigenvalue weighted by Crippen LogP contribution is 2.39. The van der Waals surface area contributed by atoms with Crippen LogP contribution >= 0.6 is 0 Å². The lowest BCUT2D eigenvalue weighted by Gasteiger charge is -2.37. The van der Waals surface area contributed by atoms with Crippen LogP contribution in [0.3, 0.4) is 0 Å². The third-order valence-electron chi connectivity index (χ3n) is 4.46. The minimum Gasteiger partial charge on any atom is -0.507 e. The first-order chi connectivity index (χ1) is 10.9. The Morgan fingerprint density at radius 1 is 1.22 bits per heavy atom. The number of aliphatic hydroxyl groups excluding tert-OH is 1. The van der Waals surface area contributed by atoms with Crippen molar-refractivity contribution in [2.45, 2.75) is 32.0 Å². The lowest BCUT2D eigenvalue weighted by Crippen LogP contribution is -2.46. The minimum absolute atomic E-state index is 0.104. The van der Waals surface area contributed by atoms with E-state index in [1.165, 1.54) is 6.07 Å². The minimum atomic E-state index is -0.770. The summed E-state index contributed by atoms with van der Waals surface area (Å²) in [6, 6.07) is 8.13. The SMILES string of the molecule is CC1(C)Oc2c(ccc3c(=O)c4c(O)cccc4oc23)C[C@H]1O. The molecule has 2 aromatic carbocycles. The maximum absolute atomic E-state index is 12.7. The van der Waals surface area contributed by atoms with Crippen LogP contribution in [0, 0.1) is 0 Å². The first kappa shape index (κ1) is 14.1. The van der Waals surface area contributed by atoms with E-state index in [9.17, 15) is 15.0 Å². The smallest absolute Gasteiger partial charge is 0.204 e. The molecule has 118 valence electrons. The molecule has 5 nitrogen and oxygen atoms in total. The zero-order valence-corrected chi connectivity index (χ0v) is 12.8. The average Bonchev–Trinajstić information content (AvgIpc) is 2.48. The van der Waals surface area contributed by atoms with Gasteiger partial charge in [0.15, 0.2) is 11.3 Å². The first-order valence-corrected chi connectivity index (χ1v) is 7.46. The van der Waals surface area contributed by atoms with Gasteiger partial charge in [-0.3, -0.25) is 4.79 Å². The zero-order chi connectivity index (χ0) is 16.4. The second-order valence-electron chi connectivity index (χ2n) is 6.44. The number of benzene rings is 2. The van der Waals surface area contributed by atoms with E-state index in [0.29, 0.717) is 28.7 Å². The topological polar surface area (TPSA) is 79.9 Å². The molecular weight excluding hydrogens is 296 g/mol. The van der Waals surface area contributed by atoms with Gasteiger partial charge >= 0.3 is 0 Å². The molecule has 0 fully saturated rings. The van der Waals surface area contributed by atoms with Gasteiger partial charge in [-0.1, -0.05) is 12.1 Å². The second-order valence-corrected chi connectivity index (χ2v) is 6.44. The standard InChI is InChI=1S/C18H16O5/c1-18(2)13(20)8-9-6-7-10-15(21)14-11(19)4-3-5-12(14)22-17(10)16(9)23-18/h3-7,13,19-20H,8H2,1-2H3/t13-/m1/s1. The molecule has 5 heteroatoms. The monoisotopic (exact) mass is 312 g/mol. The molecule has 0 unspecified atom stereocenters. The number of phenols is 1. The molecule has 1 aliphatic heterocycles. The Labute approximate surface area is 131 Å². The summed E-state index contributed by atoms with van der Waals surface area (Å²) in [7, 11) is 0. The van der Waals surface area contributed by atoms with Crippen molar-refractivity contribution in [1.29, 1.82) is 0 Å². The average molecular weight is 312 g/mol. The van der Waals surface area contributed by atoms with Crippen molar-refractivity contribution in [2.75, 3.05) is 0 Å². The lowest BCUT2D eigenvalue weighted by atomic mass is 9.90. The van der Waals surface area contributed by atoms with Gasteiger partial charge in [-0.25, -0.2) is 0 Å². The summed E-state index contributed by atoms with van der Waals surface area (Å²) >= 11 is 0. The summed E-state index contributed by atoms with van der Waals surface area (Å²) in [6.45, 7) is 3.59. The maximum atomic E-state index is 12.7. The molecular formula is C18H16O5. The van der Waals surface area contributed by atoms with Gasteiger partial charge in [-0.05, 0) is 32.0 Å². The molecule has 0 spiro atoms. The van der Waals surface area contributed by atoms with Crippen LogP contribution in [0.15, 0.2) is 39.5 Å². The fourth-order valence-corrected chi connectivity index (χ4v) is 3.02. The van der Waals surface area contributed by atoms with E-state index in [2.05, 4.69) is 0 Å². The Balaban J connectivity index is 2.12. The number of aromatic hydroxyl groups is 1. The van der Waals surface area contributed by atoms with E-state index in [0.717, 1.165) is 5.56 Å². The molecule has 3 aromatic rings. The quantitative estimate of drug-likeness (QED) is 0.624. The molecule has 0 saturated carbocycles. The van der Waals surface area contributed by atoms with Crippen LogP contribution in [0.2, 0.25) is 0 Å². The van der Waals surface area contributed by atoms with Gasteiger partial charge in [-0.2, -0.15) is 0 Å². The molecule has 0 amide bonds. The normalized spacial score (nSPS) is 19.5. The Morgan fingerprint density at radius 2 is 2.00 bits per heavy atom. The van der Waals surface area contributed by atoms with Crippen molar-refractivity contribution in [3.05, 3.63) is 46.1 Å². The summed E-state index contributed by atoms with van der Waals surface area (Å²) in [5.41, 5.74) is 0.392. The van der Waals surface area contributed by atoms with Crippen molar-refractivity contribution in [1.82, 2.24) is 0 Å². The molecule has 0 saturated heterocycles. The van der Waals surface area contributed by atoms with Crippen LogP contribution in [0.5, 0.6) is 11.5 Å². The fraction of sp³-hybridized carbons (Fsp3) is 0.278. The molecule has 4 rings (SSSR count). The molecule has 2 heterocycles. The van der Waals surface area contributed by atoms with Crippen LogP contribution in [-0.2, 0) is 6.42 Å². The molecule has 0 aliphatic carbocycles. The van der Waals surface area contributed by atoms with E-state index in [4.69, 9.17) is 9.15 Å². The Bertz CT molecular complexity index is 1000. The van der Waals surface area contributed by atoms with Gasteiger partial charge in [-0.15, -0.1) is 0 Å². The van der Waals surface area contributed by atoms with Gasteiger partial charge < -0.3 is 19.4 Å². The summed E-state index contributed by atoms with van der Waals surface area (Å²) in [4.78, 5) is 12.7. The molecule has 0 radical (unpaired) electrons. The van der Waals surface area contributed by atoms with Crippen LogP contribution in [0.25, 0.3) is 21.9 Å². The van der Waals surface area contributed by atoms with Crippen molar-refractivity contribution in [3.8, 4) is 11.5 Å². The fourth-order valence-electron chi connectivity index (χ4n) is 3.02. The summed E-state index contributed by atoms with van der Waals surface area (Å²) in [5, 5.41) is 20.6. The van der Waals surface area contributed by atoms with Crippen LogP contribution < -0.4 is 10.2 Å². The predicted octanol–water partition coefficient (Wildman–Crippen LogP) is 2.73.